The summed E-state index contributed by atoms with van der Waals surface area (Å²) in [5.41, 5.74) is 0.286. The van der Waals surface area contributed by atoms with Crippen molar-refractivity contribution in [3.05, 3.63) is 0 Å². The molecule has 95 valence electrons. The molecule has 0 amide bonds. The van der Waals surface area contributed by atoms with Crippen LogP contribution in [0.3, 0.4) is 0 Å². The maximum atomic E-state index is 11.1. The van der Waals surface area contributed by atoms with E-state index in [9.17, 15) is 4.57 Å². The van der Waals surface area contributed by atoms with Crippen molar-refractivity contribution in [3.63, 3.8) is 0 Å². The molecule has 4 heteroatoms. The predicted octanol–water partition coefficient (Wildman–Crippen LogP) is 4.49. The third-order valence-electron chi connectivity index (χ3n) is 2.92. The standard InChI is InChI=1S/C12H27O2P.Y/c1-5-8-12(9-6-2,10-7-3)11-14-15(4)13;/h15H,5-11H2,1-4H3;. The third kappa shape index (κ3) is 8.39. The monoisotopic (exact) mass is 323 g/mol. The molecule has 1 atom stereocenters. The van der Waals surface area contributed by atoms with E-state index < -0.39 is 8.03 Å². The molecule has 0 aromatic carbocycles. The van der Waals surface area contributed by atoms with Crippen LogP contribution >= 0.6 is 8.03 Å². The van der Waals surface area contributed by atoms with Gasteiger partial charge in [-0.1, -0.05) is 40.0 Å². The van der Waals surface area contributed by atoms with Crippen LogP contribution in [0.15, 0.2) is 0 Å². The molecular weight excluding hydrogens is 296 g/mol. The van der Waals surface area contributed by atoms with Crippen molar-refractivity contribution in [2.45, 2.75) is 59.3 Å². The molecule has 1 unspecified atom stereocenters. The van der Waals surface area contributed by atoms with Gasteiger partial charge in [0.1, 0.15) is 0 Å². The normalized spacial score (nSPS) is 13.2. The minimum atomic E-state index is -1.77. The first kappa shape index (κ1) is 19.6. The summed E-state index contributed by atoms with van der Waals surface area (Å²) < 4.78 is 16.5. The Morgan fingerprint density at radius 2 is 1.38 bits per heavy atom. The first-order valence-electron chi connectivity index (χ1n) is 6.23. The van der Waals surface area contributed by atoms with Gasteiger partial charge in [-0.05, 0) is 24.7 Å². The van der Waals surface area contributed by atoms with Crippen LogP contribution in [-0.4, -0.2) is 13.3 Å². The molecule has 0 aliphatic rings. The van der Waals surface area contributed by atoms with Gasteiger partial charge in [0.25, 0.3) is 0 Å². The Morgan fingerprint density at radius 3 is 1.62 bits per heavy atom. The summed E-state index contributed by atoms with van der Waals surface area (Å²) in [5.74, 6) is 0. The van der Waals surface area contributed by atoms with E-state index in [1.165, 1.54) is 38.5 Å². The van der Waals surface area contributed by atoms with Gasteiger partial charge in [0.05, 0.1) is 6.61 Å². The molecule has 0 aromatic rings. The second kappa shape index (κ2) is 11.4. The van der Waals surface area contributed by atoms with Crippen LogP contribution in [-0.2, 0) is 41.8 Å². The maximum absolute atomic E-state index is 11.1. The van der Waals surface area contributed by atoms with Gasteiger partial charge in [-0.2, -0.15) is 0 Å². The van der Waals surface area contributed by atoms with E-state index in [4.69, 9.17) is 4.52 Å². The average Bonchev–Trinajstić information content (AvgIpc) is 2.16. The van der Waals surface area contributed by atoms with Crippen molar-refractivity contribution in [2.24, 2.45) is 5.41 Å². The molecule has 0 aliphatic carbocycles. The van der Waals surface area contributed by atoms with Crippen LogP contribution in [0.1, 0.15) is 59.3 Å². The van der Waals surface area contributed by atoms with Crippen LogP contribution in [0.5, 0.6) is 0 Å². The Balaban J connectivity index is 0. The van der Waals surface area contributed by atoms with E-state index in [-0.39, 0.29) is 38.1 Å². The van der Waals surface area contributed by atoms with Gasteiger partial charge < -0.3 is 4.52 Å². The van der Waals surface area contributed by atoms with Crippen LogP contribution < -0.4 is 0 Å². The summed E-state index contributed by atoms with van der Waals surface area (Å²) in [7, 11) is -1.77. The topological polar surface area (TPSA) is 26.3 Å². The molecule has 0 aromatic heterocycles. The SMILES string of the molecule is CCCC(CCC)(CCC)CO[PH](C)=O.[Y]. The molecule has 0 spiro atoms. The van der Waals surface area contributed by atoms with Crippen molar-refractivity contribution in [1.29, 1.82) is 0 Å². The van der Waals surface area contributed by atoms with E-state index in [0.717, 1.165) is 0 Å². The zero-order valence-corrected chi connectivity index (χ0v) is 15.2. The minimum absolute atomic E-state index is 0. The average molecular weight is 323 g/mol. The third-order valence-corrected chi connectivity index (χ3v) is 3.47. The molecule has 0 bridgehead atoms. The van der Waals surface area contributed by atoms with Crippen molar-refractivity contribution >= 4 is 8.03 Å². The van der Waals surface area contributed by atoms with E-state index in [1.54, 1.807) is 6.66 Å². The van der Waals surface area contributed by atoms with E-state index >= 15 is 0 Å². The molecule has 0 N–H and O–H groups in total. The summed E-state index contributed by atoms with van der Waals surface area (Å²) >= 11 is 0. The molecule has 2 nitrogen and oxygen atoms in total. The number of hydrogen-bond donors (Lipinski definition) is 0. The summed E-state index contributed by atoms with van der Waals surface area (Å²) in [6.07, 6.45) is 7.16. The van der Waals surface area contributed by atoms with Gasteiger partial charge in [0, 0.05) is 39.4 Å². The fourth-order valence-electron chi connectivity index (χ4n) is 2.44. The second-order valence-corrected chi connectivity index (χ2v) is 5.80. The van der Waals surface area contributed by atoms with Gasteiger partial charge in [-0.3, -0.25) is 4.57 Å². The van der Waals surface area contributed by atoms with Crippen molar-refractivity contribution in [1.82, 2.24) is 0 Å². The summed E-state index contributed by atoms with van der Waals surface area (Å²) in [5, 5.41) is 0. The van der Waals surface area contributed by atoms with Gasteiger partial charge in [-0.25, -0.2) is 0 Å². The smallest absolute Gasteiger partial charge is 0.188 e. The predicted molar refractivity (Wildman–Crippen MR) is 68.0 cm³/mol. The molecule has 16 heavy (non-hydrogen) atoms. The Kier molecular flexibility index (Phi) is 14.0. The molecule has 0 fully saturated rings. The minimum Gasteiger partial charge on any atom is -0.330 e. The first-order chi connectivity index (χ1) is 7.10. The molecule has 0 saturated carbocycles. The van der Waals surface area contributed by atoms with Crippen molar-refractivity contribution in [2.75, 3.05) is 13.3 Å². The first-order valence-corrected chi connectivity index (χ1v) is 8.05. The van der Waals surface area contributed by atoms with Gasteiger partial charge in [0.2, 0.25) is 0 Å². The number of hydrogen-bond acceptors (Lipinski definition) is 2. The quantitative estimate of drug-likeness (QED) is 0.584. The van der Waals surface area contributed by atoms with Crippen LogP contribution in [0, 0.1) is 5.41 Å². The zero-order valence-electron chi connectivity index (χ0n) is 11.3. The zero-order chi connectivity index (χ0) is 11.7. The van der Waals surface area contributed by atoms with E-state index in [1.807, 2.05) is 0 Å². The summed E-state index contributed by atoms with van der Waals surface area (Å²) in [4.78, 5) is 0. The second-order valence-electron chi connectivity index (χ2n) is 4.53. The van der Waals surface area contributed by atoms with Gasteiger partial charge in [0.15, 0.2) is 8.03 Å². The molecule has 0 saturated heterocycles. The van der Waals surface area contributed by atoms with E-state index in [2.05, 4.69) is 20.8 Å². The Labute approximate surface area is 127 Å². The molecular formula is C12H27O2PY. The number of rotatable bonds is 9. The van der Waals surface area contributed by atoms with Gasteiger partial charge in [-0.15, -0.1) is 0 Å². The Morgan fingerprint density at radius 1 is 1.00 bits per heavy atom. The summed E-state index contributed by atoms with van der Waals surface area (Å²) in [6.45, 7) is 9.02. The van der Waals surface area contributed by atoms with Crippen LogP contribution in [0.4, 0.5) is 0 Å². The Bertz CT molecular complexity index is 169. The molecule has 0 rings (SSSR count). The van der Waals surface area contributed by atoms with Crippen LogP contribution in [0.2, 0.25) is 0 Å². The summed E-state index contributed by atoms with van der Waals surface area (Å²) in [6, 6.07) is 0. The van der Waals surface area contributed by atoms with Crippen molar-refractivity contribution < 1.29 is 41.8 Å². The fourth-order valence-corrected chi connectivity index (χ4v) is 2.95. The fraction of sp³-hybridized carbons (Fsp3) is 1.00. The van der Waals surface area contributed by atoms with Crippen LogP contribution in [0.25, 0.3) is 0 Å². The Hall–Kier alpha value is 1.29. The van der Waals surface area contributed by atoms with Crippen molar-refractivity contribution in [3.8, 4) is 0 Å². The molecule has 1 radical (unpaired) electrons. The molecule has 0 heterocycles. The van der Waals surface area contributed by atoms with Gasteiger partial charge >= 0.3 is 0 Å². The van der Waals surface area contributed by atoms with E-state index in [0.29, 0.717) is 6.61 Å². The maximum Gasteiger partial charge on any atom is 0.188 e. The largest absolute Gasteiger partial charge is 0.330 e. The molecule has 0 aliphatic heterocycles.